The van der Waals surface area contributed by atoms with Gasteiger partial charge in [-0.25, -0.2) is 4.98 Å². The molecule has 1 aromatic heterocycles. The summed E-state index contributed by atoms with van der Waals surface area (Å²) in [5, 5.41) is 0. The third-order valence-electron chi connectivity index (χ3n) is 5.67. The fraction of sp³-hybridized carbons (Fsp3) is 0.824. The maximum Gasteiger partial charge on any atom is 0.0946 e. The Labute approximate surface area is 132 Å². The quantitative estimate of drug-likeness (QED) is 0.850. The van der Waals surface area contributed by atoms with Crippen molar-refractivity contribution in [3.63, 3.8) is 0 Å². The number of hydrogen-bond acceptors (Lipinski definition) is 4. The molecule has 2 aliphatic heterocycles. The van der Waals surface area contributed by atoms with Crippen LogP contribution < -0.4 is 0 Å². The Hall–Kier alpha value is -0.910. The highest BCUT2D eigenvalue weighted by molar-refractivity contribution is 4.96. The van der Waals surface area contributed by atoms with Gasteiger partial charge in [-0.3, -0.25) is 4.90 Å². The molecule has 1 aliphatic carbocycles. The van der Waals surface area contributed by atoms with E-state index in [9.17, 15) is 0 Å². The van der Waals surface area contributed by atoms with Crippen molar-refractivity contribution in [2.24, 2.45) is 11.8 Å². The smallest absolute Gasteiger partial charge is 0.0946 e. The van der Waals surface area contributed by atoms with E-state index in [-0.39, 0.29) is 0 Å². The minimum absolute atomic E-state index is 0.413. The van der Waals surface area contributed by atoms with E-state index in [4.69, 9.17) is 9.47 Å². The monoisotopic (exact) mass is 305 g/mol. The molecule has 0 N–H and O–H groups in total. The van der Waals surface area contributed by atoms with E-state index in [1.54, 1.807) is 0 Å². The molecule has 1 aromatic rings. The van der Waals surface area contributed by atoms with Gasteiger partial charge < -0.3 is 14.0 Å². The number of rotatable bonds is 4. The molecule has 2 saturated heterocycles. The molecule has 3 aliphatic rings. The number of fused-ring (bicyclic) bond motifs is 1. The SMILES string of the molecule is c1cn(CC2CCC3C2OCCN3CC2CCOCC2)cn1. The fourth-order valence-electron chi connectivity index (χ4n) is 4.48. The average molecular weight is 305 g/mol. The molecular formula is C17H27N3O2. The van der Waals surface area contributed by atoms with E-state index < -0.39 is 0 Å². The van der Waals surface area contributed by atoms with Crippen LogP contribution in [0.1, 0.15) is 25.7 Å². The molecule has 0 amide bonds. The topological polar surface area (TPSA) is 39.5 Å². The standard InChI is InChI=1S/C17H27N3O2/c1-2-16-17(15(1)12-19-6-5-18-13-19)22-10-7-20(16)11-14-3-8-21-9-4-14/h5-6,13-17H,1-4,7-12H2. The highest BCUT2D eigenvalue weighted by Crippen LogP contribution is 2.36. The summed E-state index contributed by atoms with van der Waals surface area (Å²) < 4.78 is 13.9. The maximum absolute atomic E-state index is 6.18. The fourth-order valence-corrected chi connectivity index (χ4v) is 4.48. The van der Waals surface area contributed by atoms with Crippen molar-refractivity contribution < 1.29 is 9.47 Å². The zero-order valence-corrected chi connectivity index (χ0v) is 13.3. The van der Waals surface area contributed by atoms with Gasteiger partial charge in [0.05, 0.1) is 19.0 Å². The molecule has 3 fully saturated rings. The Morgan fingerprint density at radius 2 is 1.95 bits per heavy atom. The van der Waals surface area contributed by atoms with Crippen LogP contribution in [-0.4, -0.2) is 59.5 Å². The van der Waals surface area contributed by atoms with Crippen molar-refractivity contribution in [3.05, 3.63) is 18.7 Å². The molecule has 1 saturated carbocycles. The minimum atomic E-state index is 0.413. The summed E-state index contributed by atoms with van der Waals surface area (Å²) in [6.45, 7) is 6.19. The molecule has 0 spiro atoms. The molecule has 3 atom stereocenters. The van der Waals surface area contributed by atoms with E-state index in [2.05, 4.69) is 20.6 Å². The van der Waals surface area contributed by atoms with Crippen molar-refractivity contribution in [1.29, 1.82) is 0 Å². The predicted octanol–water partition coefficient (Wildman–Crippen LogP) is 1.79. The van der Waals surface area contributed by atoms with Gasteiger partial charge in [0.1, 0.15) is 0 Å². The molecule has 0 radical (unpaired) electrons. The van der Waals surface area contributed by atoms with Gasteiger partial charge in [0.25, 0.3) is 0 Å². The zero-order valence-electron chi connectivity index (χ0n) is 13.3. The highest BCUT2D eigenvalue weighted by atomic mass is 16.5. The largest absolute Gasteiger partial charge is 0.381 e. The molecule has 0 bridgehead atoms. The molecular weight excluding hydrogens is 278 g/mol. The van der Waals surface area contributed by atoms with Gasteiger partial charge in [0.2, 0.25) is 0 Å². The lowest BCUT2D eigenvalue weighted by Crippen LogP contribution is -2.52. The van der Waals surface area contributed by atoms with Crippen molar-refractivity contribution in [1.82, 2.24) is 14.5 Å². The van der Waals surface area contributed by atoms with Gasteiger partial charge in [0.15, 0.2) is 0 Å². The highest BCUT2D eigenvalue weighted by Gasteiger charge is 2.43. The van der Waals surface area contributed by atoms with E-state index in [1.807, 2.05) is 12.5 Å². The molecule has 5 nitrogen and oxygen atoms in total. The van der Waals surface area contributed by atoms with Crippen LogP contribution in [-0.2, 0) is 16.0 Å². The van der Waals surface area contributed by atoms with Crippen LogP contribution in [0.25, 0.3) is 0 Å². The van der Waals surface area contributed by atoms with Crippen LogP contribution in [0, 0.1) is 11.8 Å². The lowest BCUT2D eigenvalue weighted by molar-refractivity contribution is -0.0835. The van der Waals surface area contributed by atoms with Crippen LogP contribution in [0.4, 0.5) is 0 Å². The van der Waals surface area contributed by atoms with E-state index in [0.717, 1.165) is 38.8 Å². The van der Waals surface area contributed by atoms with Crippen LogP contribution in [0.15, 0.2) is 18.7 Å². The van der Waals surface area contributed by atoms with E-state index in [1.165, 1.54) is 32.2 Å². The summed E-state index contributed by atoms with van der Waals surface area (Å²) in [7, 11) is 0. The van der Waals surface area contributed by atoms with Gasteiger partial charge in [-0.15, -0.1) is 0 Å². The van der Waals surface area contributed by atoms with Crippen LogP contribution in [0.3, 0.4) is 0 Å². The third kappa shape index (κ3) is 3.07. The number of aromatic nitrogens is 2. The van der Waals surface area contributed by atoms with Crippen molar-refractivity contribution in [2.45, 2.75) is 44.4 Å². The van der Waals surface area contributed by atoms with Gasteiger partial charge in [0, 0.05) is 57.2 Å². The van der Waals surface area contributed by atoms with Crippen LogP contribution in [0.2, 0.25) is 0 Å². The average Bonchev–Trinajstić information content (AvgIpc) is 3.20. The summed E-state index contributed by atoms with van der Waals surface area (Å²) in [5.41, 5.74) is 0. The Bertz CT molecular complexity index is 458. The van der Waals surface area contributed by atoms with Gasteiger partial charge in [-0.2, -0.15) is 0 Å². The second-order valence-corrected chi connectivity index (χ2v) is 7.05. The Morgan fingerprint density at radius 1 is 1.05 bits per heavy atom. The van der Waals surface area contributed by atoms with Gasteiger partial charge in [-0.1, -0.05) is 0 Å². The first-order valence-electron chi connectivity index (χ1n) is 8.79. The van der Waals surface area contributed by atoms with E-state index >= 15 is 0 Å². The first kappa shape index (κ1) is 14.7. The number of hydrogen-bond donors (Lipinski definition) is 0. The molecule has 3 heterocycles. The van der Waals surface area contributed by atoms with Gasteiger partial charge >= 0.3 is 0 Å². The number of imidazole rings is 1. The van der Waals surface area contributed by atoms with E-state index in [0.29, 0.717) is 18.1 Å². The van der Waals surface area contributed by atoms with Crippen molar-refractivity contribution in [3.8, 4) is 0 Å². The second-order valence-electron chi connectivity index (χ2n) is 7.05. The normalized spacial score (nSPS) is 33.9. The molecule has 122 valence electrons. The lowest BCUT2D eigenvalue weighted by Gasteiger charge is -2.41. The predicted molar refractivity (Wildman–Crippen MR) is 83.6 cm³/mol. The van der Waals surface area contributed by atoms with Gasteiger partial charge in [-0.05, 0) is 31.6 Å². The lowest BCUT2D eigenvalue weighted by atomic mass is 9.97. The number of nitrogens with zero attached hydrogens (tertiary/aromatic N) is 3. The third-order valence-corrected chi connectivity index (χ3v) is 5.67. The summed E-state index contributed by atoms with van der Waals surface area (Å²) >= 11 is 0. The zero-order chi connectivity index (χ0) is 14.8. The maximum atomic E-state index is 6.18. The number of ether oxygens (including phenoxy) is 2. The Balaban J connectivity index is 1.37. The summed E-state index contributed by atoms with van der Waals surface area (Å²) in [5.74, 6) is 1.46. The summed E-state index contributed by atoms with van der Waals surface area (Å²) in [4.78, 5) is 6.88. The Morgan fingerprint density at radius 3 is 2.77 bits per heavy atom. The second kappa shape index (κ2) is 6.69. The summed E-state index contributed by atoms with van der Waals surface area (Å²) in [6.07, 6.45) is 11.3. The molecule has 3 unspecified atom stereocenters. The van der Waals surface area contributed by atoms with Crippen LogP contribution in [0.5, 0.6) is 0 Å². The first-order chi connectivity index (χ1) is 10.9. The van der Waals surface area contributed by atoms with Crippen molar-refractivity contribution >= 4 is 0 Å². The summed E-state index contributed by atoms with van der Waals surface area (Å²) in [6, 6.07) is 0.630. The van der Waals surface area contributed by atoms with Crippen molar-refractivity contribution in [2.75, 3.05) is 32.9 Å². The minimum Gasteiger partial charge on any atom is -0.381 e. The van der Waals surface area contributed by atoms with Crippen LogP contribution >= 0.6 is 0 Å². The number of morpholine rings is 1. The first-order valence-corrected chi connectivity index (χ1v) is 8.79. The molecule has 0 aromatic carbocycles. The Kier molecular flexibility index (Phi) is 4.46. The molecule has 4 rings (SSSR count). The molecule has 22 heavy (non-hydrogen) atoms. The molecule has 5 heteroatoms.